The molecule has 3 aromatic carbocycles. The first kappa shape index (κ1) is 37.4. The maximum absolute atomic E-state index is 13.6. The minimum atomic E-state index is -0.990. The average molecular weight is 784 g/mol. The number of carbonyl (C=O) groups excluding carboxylic acids is 5. The minimum absolute atomic E-state index is 0.0827. The molecular formula is C43H45N9O6. The van der Waals surface area contributed by atoms with Crippen molar-refractivity contribution in [2.75, 3.05) is 29.9 Å². The molecular weight excluding hydrogens is 739 g/mol. The SMILES string of the molecule is C[C@H]1CCCN1Cc1nc2ccc(NC(=O)c3ccc(-c4nnc(CCCC5CCN(c6cccc7c6C(=O)N(C6CCC(=O)NC6=O)C7=O)CC5)o4)cc3)cc2[nH]1. The molecule has 0 bridgehead atoms. The Morgan fingerprint density at radius 1 is 0.931 bits per heavy atom. The van der Waals surface area contributed by atoms with Crippen LogP contribution in [0.15, 0.2) is 65.1 Å². The lowest BCUT2D eigenvalue weighted by molar-refractivity contribution is -0.136. The molecule has 3 fully saturated rings. The van der Waals surface area contributed by atoms with Crippen molar-refractivity contribution in [3.8, 4) is 11.5 Å². The standard InChI is InChI=1S/C43H45N9O6/c1-25-5-4-20-51(25)24-35-45-31-15-14-29(23-32(31)46-35)44-39(54)27-10-12-28(13-11-27)41-49-48-37(58-41)9-2-6-26-18-21-50(22-19-26)33-8-3-7-30-38(33)43(57)52(42(30)56)34-16-17-36(53)47-40(34)55/h3,7-8,10-15,23,25-26,34H,2,4-6,9,16-22,24H2,1H3,(H,44,54)(H,45,46)(H,47,53,55)/t25-,34?/m0/s1. The molecule has 58 heavy (non-hydrogen) atoms. The van der Waals surface area contributed by atoms with Gasteiger partial charge in [-0.05, 0) is 119 Å². The summed E-state index contributed by atoms with van der Waals surface area (Å²) in [5.41, 5.74) is 5.03. The molecule has 3 saturated heterocycles. The number of fused-ring (bicyclic) bond motifs is 2. The summed E-state index contributed by atoms with van der Waals surface area (Å²) in [4.78, 5) is 78.0. The number of hydrogen-bond acceptors (Lipinski definition) is 11. The number of nitrogens with zero attached hydrogens (tertiary/aromatic N) is 6. The van der Waals surface area contributed by atoms with Gasteiger partial charge in [-0.25, -0.2) is 4.98 Å². The fourth-order valence-corrected chi connectivity index (χ4v) is 8.84. The number of hydrogen-bond donors (Lipinski definition) is 3. The van der Waals surface area contributed by atoms with Crippen molar-refractivity contribution in [1.29, 1.82) is 0 Å². The van der Waals surface area contributed by atoms with Crippen LogP contribution in [0.1, 0.15) is 101 Å². The molecule has 6 heterocycles. The molecule has 0 saturated carbocycles. The summed E-state index contributed by atoms with van der Waals surface area (Å²) in [6, 6.07) is 17.6. The number of imide groups is 2. The zero-order valence-corrected chi connectivity index (χ0v) is 32.3. The first-order valence-corrected chi connectivity index (χ1v) is 20.2. The third-order valence-corrected chi connectivity index (χ3v) is 12.1. The number of nitrogens with one attached hydrogen (secondary N) is 3. The van der Waals surface area contributed by atoms with E-state index < -0.39 is 29.7 Å². The Balaban J connectivity index is 0.746. The van der Waals surface area contributed by atoms with Gasteiger partial charge in [0.05, 0.1) is 34.4 Å². The lowest BCUT2D eigenvalue weighted by atomic mass is 9.91. The molecule has 0 aliphatic carbocycles. The second-order valence-electron chi connectivity index (χ2n) is 15.9. The molecule has 4 aliphatic rings. The quantitative estimate of drug-likeness (QED) is 0.144. The summed E-state index contributed by atoms with van der Waals surface area (Å²) >= 11 is 0. The summed E-state index contributed by atoms with van der Waals surface area (Å²) in [5.74, 6) is 0.165. The highest BCUT2D eigenvalue weighted by Gasteiger charge is 2.46. The van der Waals surface area contributed by atoms with Crippen LogP contribution in [0.5, 0.6) is 0 Å². The highest BCUT2D eigenvalue weighted by Crippen LogP contribution is 2.36. The lowest BCUT2D eigenvalue weighted by Crippen LogP contribution is -2.54. The number of benzene rings is 3. The number of H-pyrrole nitrogens is 1. The van der Waals surface area contributed by atoms with Crippen molar-refractivity contribution >= 4 is 51.9 Å². The van der Waals surface area contributed by atoms with Gasteiger partial charge >= 0.3 is 0 Å². The first-order valence-electron chi connectivity index (χ1n) is 20.2. The van der Waals surface area contributed by atoms with E-state index in [-0.39, 0.29) is 18.7 Å². The fraction of sp³-hybridized carbons (Fsp3) is 0.395. The predicted molar refractivity (Wildman–Crippen MR) is 214 cm³/mol. The molecule has 4 aliphatic heterocycles. The van der Waals surface area contributed by atoms with Crippen LogP contribution in [0.25, 0.3) is 22.5 Å². The Bertz CT molecular complexity index is 2410. The van der Waals surface area contributed by atoms with Crippen LogP contribution >= 0.6 is 0 Å². The number of carbonyl (C=O) groups is 5. The van der Waals surface area contributed by atoms with Gasteiger partial charge in [-0.15, -0.1) is 10.2 Å². The molecule has 15 heteroatoms. The Kier molecular flexibility index (Phi) is 10.1. The third kappa shape index (κ3) is 7.37. The molecule has 298 valence electrons. The Labute approximate surface area is 334 Å². The molecule has 5 aromatic rings. The third-order valence-electron chi connectivity index (χ3n) is 12.1. The zero-order chi connectivity index (χ0) is 39.9. The lowest BCUT2D eigenvalue weighted by Gasteiger charge is -2.34. The minimum Gasteiger partial charge on any atom is -0.421 e. The van der Waals surface area contributed by atoms with Gasteiger partial charge < -0.3 is 19.6 Å². The Morgan fingerprint density at radius 3 is 2.53 bits per heavy atom. The van der Waals surface area contributed by atoms with E-state index in [9.17, 15) is 24.0 Å². The number of piperidine rings is 2. The van der Waals surface area contributed by atoms with Crippen LogP contribution in [-0.2, 0) is 22.6 Å². The van der Waals surface area contributed by atoms with Gasteiger partial charge in [0.25, 0.3) is 17.7 Å². The van der Waals surface area contributed by atoms with Crippen molar-refractivity contribution in [2.24, 2.45) is 5.92 Å². The number of aromatic amines is 1. The summed E-state index contributed by atoms with van der Waals surface area (Å²) in [5, 5.41) is 13.8. The molecule has 15 nitrogen and oxygen atoms in total. The summed E-state index contributed by atoms with van der Waals surface area (Å²) in [6.07, 6.45) is 7.00. The van der Waals surface area contributed by atoms with E-state index in [0.29, 0.717) is 58.2 Å². The summed E-state index contributed by atoms with van der Waals surface area (Å²) in [6.45, 7) is 5.60. The molecule has 3 N–H and O–H groups in total. The van der Waals surface area contributed by atoms with Gasteiger partial charge in [0, 0.05) is 48.8 Å². The Morgan fingerprint density at radius 2 is 1.76 bits per heavy atom. The van der Waals surface area contributed by atoms with Gasteiger partial charge in [-0.1, -0.05) is 6.07 Å². The van der Waals surface area contributed by atoms with E-state index >= 15 is 0 Å². The fourth-order valence-electron chi connectivity index (χ4n) is 8.84. The smallest absolute Gasteiger partial charge is 0.264 e. The van der Waals surface area contributed by atoms with Crippen molar-refractivity contribution < 1.29 is 28.4 Å². The summed E-state index contributed by atoms with van der Waals surface area (Å²) in [7, 11) is 0. The van der Waals surface area contributed by atoms with E-state index in [2.05, 4.69) is 42.5 Å². The van der Waals surface area contributed by atoms with Crippen molar-refractivity contribution in [3.63, 3.8) is 0 Å². The van der Waals surface area contributed by atoms with E-state index in [1.165, 1.54) is 12.8 Å². The molecule has 2 atom stereocenters. The van der Waals surface area contributed by atoms with Crippen molar-refractivity contribution in [2.45, 2.75) is 83.3 Å². The highest BCUT2D eigenvalue weighted by molar-refractivity contribution is 6.25. The maximum Gasteiger partial charge on any atom is 0.264 e. The number of imidazole rings is 1. The number of aryl methyl sites for hydroxylation is 1. The van der Waals surface area contributed by atoms with E-state index in [0.717, 1.165) is 79.2 Å². The van der Waals surface area contributed by atoms with Gasteiger partial charge in [-0.2, -0.15) is 0 Å². The monoisotopic (exact) mass is 783 g/mol. The molecule has 9 rings (SSSR count). The molecule has 1 unspecified atom stereocenters. The second kappa shape index (κ2) is 15.6. The zero-order valence-electron chi connectivity index (χ0n) is 32.3. The van der Waals surface area contributed by atoms with Gasteiger partial charge in [-0.3, -0.25) is 39.1 Å². The summed E-state index contributed by atoms with van der Waals surface area (Å²) < 4.78 is 6.00. The van der Waals surface area contributed by atoms with Crippen molar-refractivity contribution in [1.82, 2.24) is 35.3 Å². The van der Waals surface area contributed by atoms with E-state index in [1.807, 2.05) is 36.4 Å². The largest absolute Gasteiger partial charge is 0.421 e. The van der Waals surface area contributed by atoms with Crippen LogP contribution in [0.4, 0.5) is 11.4 Å². The van der Waals surface area contributed by atoms with Crippen LogP contribution in [0, 0.1) is 5.92 Å². The number of amides is 5. The number of likely N-dealkylation sites (tertiary alicyclic amines) is 1. The maximum atomic E-state index is 13.6. The van der Waals surface area contributed by atoms with Crippen molar-refractivity contribution in [3.05, 3.63) is 89.1 Å². The molecule has 2 aromatic heterocycles. The van der Waals surface area contributed by atoms with E-state index in [4.69, 9.17) is 9.40 Å². The van der Waals surface area contributed by atoms with E-state index in [1.54, 1.807) is 24.3 Å². The average Bonchev–Trinajstić information content (AvgIpc) is 4.02. The number of rotatable bonds is 11. The first-order chi connectivity index (χ1) is 28.2. The molecule has 5 amide bonds. The van der Waals surface area contributed by atoms with Crippen LogP contribution in [-0.4, -0.2) is 91.2 Å². The van der Waals surface area contributed by atoms with Gasteiger partial charge in [0.15, 0.2) is 0 Å². The normalized spacial score (nSPS) is 20.3. The van der Waals surface area contributed by atoms with Crippen LogP contribution in [0.2, 0.25) is 0 Å². The second-order valence-corrected chi connectivity index (χ2v) is 15.9. The van der Waals surface area contributed by atoms with Crippen LogP contribution < -0.4 is 15.5 Å². The topological polar surface area (TPSA) is 187 Å². The van der Waals surface area contributed by atoms with Crippen LogP contribution in [0.3, 0.4) is 0 Å². The number of aromatic nitrogens is 4. The Hall–Kier alpha value is -6.22. The predicted octanol–water partition coefficient (Wildman–Crippen LogP) is 5.49. The van der Waals surface area contributed by atoms with Gasteiger partial charge in [0.2, 0.25) is 23.6 Å². The number of anilines is 2. The molecule has 0 spiro atoms. The highest BCUT2D eigenvalue weighted by atomic mass is 16.4. The van der Waals surface area contributed by atoms with Gasteiger partial charge in [0.1, 0.15) is 11.9 Å². The molecule has 0 radical (unpaired) electrons.